The van der Waals surface area contributed by atoms with Crippen molar-refractivity contribution in [3.63, 3.8) is 0 Å². The Kier molecular flexibility index (Phi) is 6.72. The van der Waals surface area contributed by atoms with Crippen molar-refractivity contribution in [1.29, 1.82) is 0 Å². The number of hydrogen-bond donors (Lipinski definition) is 0. The lowest BCUT2D eigenvalue weighted by Crippen LogP contribution is -2.60. The zero-order valence-corrected chi connectivity index (χ0v) is 38.3. The molecule has 4 heteroatoms. The van der Waals surface area contributed by atoms with E-state index in [0.29, 0.717) is 0 Å². The summed E-state index contributed by atoms with van der Waals surface area (Å²) >= 11 is 0. The van der Waals surface area contributed by atoms with Crippen LogP contribution in [0.4, 0.5) is 17.1 Å². The van der Waals surface area contributed by atoms with Crippen LogP contribution in [0.2, 0.25) is 0 Å². The number of benzene rings is 10. The average Bonchev–Trinajstić information content (AvgIpc) is 3.94. The molecule has 0 unspecified atom stereocenters. The fraction of sp³-hybridized carbons (Fsp3) is 0.0938. The molecule has 0 radical (unpaired) electrons. The molecular formula is C64H44BN3. The van der Waals surface area contributed by atoms with Crippen LogP contribution >= 0.6 is 0 Å². The summed E-state index contributed by atoms with van der Waals surface area (Å²) in [4.78, 5) is 2.51. The molecule has 0 saturated carbocycles. The van der Waals surface area contributed by atoms with Crippen molar-refractivity contribution < 1.29 is 1.37 Å². The van der Waals surface area contributed by atoms with Crippen LogP contribution in [0.15, 0.2) is 188 Å². The van der Waals surface area contributed by atoms with E-state index in [-0.39, 0.29) is 12.1 Å². The summed E-state index contributed by atoms with van der Waals surface area (Å²) in [5.41, 5.74) is 25.9. The lowest BCUT2D eigenvalue weighted by atomic mass is 9.33. The molecule has 4 aliphatic rings. The van der Waals surface area contributed by atoms with E-state index in [4.69, 9.17) is 0 Å². The van der Waals surface area contributed by atoms with Crippen molar-refractivity contribution in [2.75, 3.05) is 4.90 Å². The molecule has 0 amide bonds. The number of hydrogen-bond acceptors (Lipinski definition) is 1. The van der Waals surface area contributed by atoms with Gasteiger partial charge >= 0.3 is 0 Å². The van der Waals surface area contributed by atoms with Crippen molar-refractivity contribution >= 4 is 94.5 Å². The van der Waals surface area contributed by atoms with Gasteiger partial charge in [0.05, 0.1) is 22.2 Å². The Morgan fingerprint density at radius 2 is 1.15 bits per heavy atom. The molecular weight excluding hydrogens is 822 g/mol. The highest BCUT2D eigenvalue weighted by Gasteiger charge is 2.46. The van der Waals surface area contributed by atoms with Crippen LogP contribution < -0.4 is 21.3 Å². The summed E-state index contributed by atoms with van der Waals surface area (Å²) in [5, 5.41) is 7.81. The number of fused-ring (bicyclic) bond motifs is 14. The van der Waals surface area contributed by atoms with Gasteiger partial charge in [-0.3, -0.25) is 0 Å². The third kappa shape index (κ3) is 4.38. The van der Waals surface area contributed by atoms with Gasteiger partial charge in [0, 0.05) is 56.6 Å². The second kappa shape index (κ2) is 12.7. The zero-order valence-electron chi connectivity index (χ0n) is 39.3. The van der Waals surface area contributed by atoms with Crippen molar-refractivity contribution in [2.45, 2.75) is 39.0 Å². The molecule has 0 saturated heterocycles. The molecule has 2 aromatic heterocycles. The van der Waals surface area contributed by atoms with E-state index in [0.717, 1.165) is 22.6 Å². The minimum atomic E-state index is -0.790. The molecule has 0 N–H and O–H groups in total. The van der Waals surface area contributed by atoms with Crippen LogP contribution in [0, 0.1) is 0 Å². The molecule has 2 aliphatic carbocycles. The predicted octanol–water partition coefficient (Wildman–Crippen LogP) is 14.7. The zero-order chi connectivity index (χ0) is 45.8. The minimum absolute atomic E-state index is 0.0971. The summed E-state index contributed by atoms with van der Waals surface area (Å²) in [6.45, 7) is 8.79. The van der Waals surface area contributed by atoms with Crippen LogP contribution in [-0.2, 0) is 5.41 Å². The number of aromatic nitrogens is 2. The van der Waals surface area contributed by atoms with Gasteiger partial charge in [0.15, 0.2) is 0 Å². The standard InChI is InChI=1S/C64H44BN3/c1-36(2)38-29-30-52-49(32-38)65-50-35-47-43-21-10-12-25-48(43)64(3,4)61(47)59-46-22-11-13-26-51(46)68(63(50)59)56-34-40(33-55(62(56)65)66(52)39-17-6-5-7-18-39)67-53-27-15-24-45-42-20-9-8-19-41(42)44-23-14-16-37-28-31-54(67)60(57(37)44)58(45)53/h5-36H,1-4H3/i36D. The van der Waals surface area contributed by atoms with Crippen molar-refractivity contribution in [2.24, 2.45) is 0 Å². The van der Waals surface area contributed by atoms with Crippen LogP contribution in [-0.4, -0.2) is 15.8 Å². The first kappa shape index (κ1) is 36.1. The fourth-order valence-electron chi connectivity index (χ4n) is 13.7. The van der Waals surface area contributed by atoms with Gasteiger partial charge in [-0.15, -0.1) is 0 Å². The van der Waals surface area contributed by atoms with E-state index in [2.05, 4.69) is 216 Å². The minimum Gasteiger partial charge on any atom is -0.311 e. The van der Waals surface area contributed by atoms with Gasteiger partial charge in [-0.2, -0.15) is 0 Å². The number of rotatable bonds is 3. The summed E-state index contributed by atoms with van der Waals surface area (Å²) in [5.74, 6) is -0.790. The molecule has 68 heavy (non-hydrogen) atoms. The highest BCUT2D eigenvalue weighted by molar-refractivity contribution is 7.00. The Bertz CT molecular complexity index is 4340. The predicted molar refractivity (Wildman–Crippen MR) is 288 cm³/mol. The highest BCUT2D eigenvalue weighted by Crippen LogP contribution is 2.55. The molecule has 0 atom stereocenters. The lowest BCUT2D eigenvalue weighted by Gasteiger charge is -2.41. The van der Waals surface area contributed by atoms with Crippen LogP contribution in [0.25, 0.3) is 99.1 Å². The van der Waals surface area contributed by atoms with Gasteiger partial charge in [-0.05, 0) is 132 Å². The molecule has 3 nitrogen and oxygen atoms in total. The second-order valence-corrected chi connectivity index (χ2v) is 20.4. The Balaban J connectivity index is 1.11. The van der Waals surface area contributed by atoms with Gasteiger partial charge in [0.25, 0.3) is 6.71 Å². The third-order valence-corrected chi connectivity index (χ3v) is 16.4. The first-order valence-electron chi connectivity index (χ1n) is 24.6. The Labute approximate surface area is 396 Å². The largest absolute Gasteiger partial charge is 0.311 e. The first-order valence-corrected chi connectivity index (χ1v) is 24.1. The Morgan fingerprint density at radius 3 is 1.97 bits per heavy atom. The monoisotopic (exact) mass is 866 g/mol. The first-order chi connectivity index (χ1) is 33.7. The van der Waals surface area contributed by atoms with E-state index in [1.165, 1.54) is 127 Å². The van der Waals surface area contributed by atoms with E-state index in [9.17, 15) is 1.37 Å². The van der Waals surface area contributed by atoms with Gasteiger partial charge in [0.1, 0.15) is 0 Å². The van der Waals surface area contributed by atoms with Gasteiger partial charge in [-0.25, -0.2) is 0 Å². The van der Waals surface area contributed by atoms with E-state index >= 15 is 0 Å². The maximum atomic E-state index is 9.40. The van der Waals surface area contributed by atoms with E-state index in [1.54, 1.807) is 0 Å². The van der Waals surface area contributed by atoms with Gasteiger partial charge in [0.2, 0.25) is 0 Å². The fourth-order valence-corrected chi connectivity index (χ4v) is 13.7. The molecule has 0 fully saturated rings. The summed E-state index contributed by atoms with van der Waals surface area (Å²) in [6, 6.07) is 71.0. The molecule has 10 aromatic carbocycles. The third-order valence-electron chi connectivity index (χ3n) is 16.4. The highest BCUT2D eigenvalue weighted by atomic mass is 15.2. The molecule has 318 valence electrons. The SMILES string of the molecule is [2H]C(C)(C)c1ccc2c(c1)B1c3c(cc(-n4c5cccc6c5c5c7c(cccc7ccc54)-c4ccccc4-6)cc3-n3c4ccccc4c4c5c(cc1c43)-c1ccccc1C5(C)C)N2c1ccccc1. The number of para-hydroxylation sites is 2. The molecule has 16 rings (SSSR count). The molecule has 0 bridgehead atoms. The number of anilines is 3. The van der Waals surface area contributed by atoms with Crippen LogP contribution in [0.3, 0.4) is 0 Å². The summed E-state index contributed by atoms with van der Waals surface area (Å²) in [6.07, 6.45) is 0. The van der Waals surface area contributed by atoms with E-state index < -0.39 is 5.89 Å². The molecule has 0 spiro atoms. The smallest absolute Gasteiger partial charge is 0.252 e. The topological polar surface area (TPSA) is 13.1 Å². The number of nitrogens with zero attached hydrogens (tertiary/aromatic N) is 3. The maximum Gasteiger partial charge on any atom is 0.252 e. The van der Waals surface area contributed by atoms with Crippen molar-refractivity contribution in [3.8, 4) is 44.8 Å². The second-order valence-electron chi connectivity index (χ2n) is 20.4. The van der Waals surface area contributed by atoms with Gasteiger partial charge < -0.3 is 14.0 Å². The summed E-state index contributed by atoms with van der Waals surface area (Å²) < 4.78 is 14.6. The van der Waals surface area contributed by atoms with Crippen LogP contribution in [0.5, 0.6) is 0 Å². The van der Waals surface area contributed by atoms with Crippen LogP contribution in [0.1, 0.15) is 51.7 Å². The lowest BCUT2D eigenvalue weighted by molar-refractivity contribution is 0.666. The normalized spacial score (nSPS) is 14.7. The maximum absolute atomic E-state index is 9.40. The van der Waals surface area contributed by atoms with E-state index in [1.807, 2.05) is 13.8 Å². The van der Waals surface area contributed by atoms with Crippen molar-refractivity contribution in [1.82, 2.24) is 9.13 Å². The van der Waals surface area contributed by atoms with Crippen molar-refractivity contribution in [3.05, 3.63) is 205 Å². The molecule has 2 aliphatic heterocycles. The Morgan fingerprint density at radius 1 is 0.471 bits per heavy atom. The molecule has 12 aromatic rings. The average molecular weight is 867 g/mol. The Hall–Kier alpha value is -8.08. The molecule has 4 heterocycles. The van der Waals surface area contributed by atoms with Gasteiger partial charge in [-0.1, -0.05) is 167 Å². The summed E-state index contributed by atoms with van der Waals surface area (Å²) in [7, 11) is 0. The quantitative estimate of drug-likeness (QED) is 0.161.